The molecule has 1 amide bonds. The second-order valence-corrected chi connectivity index (χ2v) is 6.08. The Balaban J connectivity index is 1.62. The molecule has 3 rings (SSSR count). The third-order valence-corrected chi connectivity index (χ3v) is 4.13. The highest BCUT2D eigenvalue weighted by Gasteiger charge is 2.23. The van der Waals surface area contributed by atoms with Gasteiger partial charge >= 0.3 is 6.09 Å². The molecule has 1 saturated heterocycles. The van der Waals surface area contributed by atoms with Crippen molar-refractivity contribution in [3.8, 4) is 0 Å². The number of nitrogens with zero attached hydrogens (tertiary/aromatic N) is 5. The van der Waals surface area contributed by atoms with Crippen molar-refractivity contribution in [2.45, 2.75) is 20.4 Å². The van der Waals surface area contributed by atoms with Gasteiger partial charge in [-0.1, -0.05) is 6.07 Å². The summed E-state index contributed by atoms with van der Waals surface area (Å²) in [6.07, 6.45) is 3.33. The van der Waals surface area contributed by atoms with Gasteiger partial charge in [0.05, 0.1) is 6.61 Å². The van der Waals surface area contributed by atoms with Gasteiger partial charge in [-0.25, -0.2) is 9.78 Å². The van der Waals surface area contributed by atoms with Crippen molar-refractivity contribution in [2.75, 3.05) is 43.0 Å². The molecule has 0 atom stereocenters. The monoisotopic (exact) mass is 356 g/mol. The number of rotatable bonds is 5. The average Bonchev–Trinajstić information content (AvgIpc) is 2.67. The summed E-state index contributed by atoms with van der Waals surface area (Å²) in [4.78, 5) is 28.9. The van der Waals surface area contributed by atoms with Gasteiger partial charge in [0.25, 0.3) is 0 Å². The summed E-state index contributed by atoms with van der Waals surface area (Å²) < 4.78 is 5.06. The van der Waals surface area contributed by atoms with E-state index in [0.29, 0.717) is 45.3 Å². The highest BCUT2D eigenvalue weighted by molar-refractivity contribution is 5.68. The standard InChI is InChI=1S/C18H24N6O2/c1-3-26-18(25)24-9-7-23(8-10-24)17-21-14(2)11-16(22-17)20-13-15-5-4-6-19-12-15/h4-6,11-12H,3,7-10,13H2,1-2H3,(H,20,21,22). The Labute approximate surface area is 153 Å². The van der Waals surface area contributed by atoms with Gasteiger partial charge in [-0.05, 0) is 25.5 Å². The lowest BCUT2D eigenvalue weighted by molar-refractivity contribution is 0.105. The lowest BCUT2D eigenvalue weighted by Crippen LogP contribution is -2.49. The summed E-state index contributed by atoms with van der Waals surface area (Å²) in [7, 11) is 0. The molecule has 1 fully saturated rings. The van der Waals surface area contributed by atoms with Gasteiger partial charge in [0.1, 0.15) is 5.82 Å². The summed E-state index contributed by atoms with van der Waals surface area (Å²) in [6, 6.07) is 5.86. The summed E-state index contributed by atoms with van der Waals surface area (Å²) in [6.45, 7) is 7.40. The minimum absolute atomic E-state index is 0.254. The van der Waals surface area contributed by atoms with Crippen molar-refractivity contribution < 1.29 is 9.53 Å². The topological polar surface area (TPSA) is 83.5 Å². The average molecular weight is 356 g/mol. The molecule has 138 valence electrons. The Bertz CT molecular complexity index is 732. The van der Waals surface area contributed by atoms with Crippen LogP contribution in [0.5, 0.6) is 0 Å². The van der Waals surface area contributed by atoms with Gasteiger partial charge in [-0.15, -0.1) is 0 Å². The molecule has 1 aliphatic heterocycles. The zero-order chi connectivity index (χ0) is 18.4. The van der Waals surface area contributed by atoms with E-state index in [4.69, 9.17) is 4.74 Å². The first-order valence-electron chi connectivity index (χ1n) is 8.81. The van der Waals surface area contributed by atoms with Crippen LogP contribution in [0.15, 0.2) is 30.6 Å². The van der Waals surface area contributed by atoms with Gasteiger partial charge in [0.2, 0.25) is 5.95 Å². The van der Waals surface area contributed by atoms with E-state index < -0.39 is 0 Å². The zero-order valence-electron chi connectivity index (χ0n) is 15.2. The maximum atomic E-state index is 11.8. The number of carbonyl (C=O) groups is 1. The number of amides is 1. The van der Waals surface area contributed by atoms with Gasteiger partial charge < -0.3 is 19.9 Å². The van der Waals surface area contributed by atoms with Gasteiger partial charge in [-0.2, -0.15) is 4.98 Å². The van der Waals surface area contributed by atoms with E-state index in [1.54, 1.807) is 11.1 Å². The summed E-state index contributed by atoms with van der Waals surface area (Å²) in [5.74, 6) is 1.46. The Morgan fingerprint density at radius 1 is 1.27 bits per heavy atom. The smallest absolute Gasteiger partial charge is 0.409 e. The van der Waals surface area contributed by atoms with E-state index in [9.17, 15) is 4.79 Å². The van der Waals surface area contributed by atoms with Crippen molar-refractivity contribution in [1.82, 2.24) is 19.9 Å². The summed E-state index contributed by atoms with van der Waals surface area (Å²) in [5, 5.41) is 3.32. The van der Waals surface area contributed by atoms with Crippen LogP contribution in [-0.2, 0) is 11.3 Å². The van der Waals surface area contributed by atoms with E-state index in [0.717, 1.165) is 17.1 Å². The second-order valence-electron chi connectivity index (χ2n) is 6.08. The predicted molar refractivity (Wildman–Crippen MR) is 99.1 cm³/mol. The Hall–Kier alpha value is -2.90. The molecule has 0 aliphatic carbocycles. The van der Waals surface area contributed by atoms with E-state index in [1.165, 1.54) is 0 Å². The van der Waals surface area contributed by atoms with E-state index in [-0.39, 0.29) is 6.09 Å². The molecule has 0 bridgehead atoms. The first kappa shape index (κ1) is 17.9. The molecule has 26 heavy (non-hydrogen) atoms. The van der Waals surface area contributed by atoms with Crippen molar-refractivity contribution >= 4 is 17.9 Å². The van der Waals surface area contributed by atoms with Crippen LogP contribution in [0.4, 0.5) is 16.6 Å². The van der Waals surface area contributed by atoms with Crippen LogP contribution < -0.4 is 10.2 Å². The number of nitrogens with one attached hydrogen (secondary N) is 1. The number of aromatic nitrogens is 3. The minimum Gasteiger partial charge on any atom is -0.450 e. The predicted octanol–water partition coefficient (Wildman–Crippen LogP) is 2.07. The van der Waals surface area contributed by atoms with E-state index in [2.05, 4.69) is 25.2 Å². The number of anilines is 2. The third kappa shape index (κ3) is 4.59. The van der Waals surface area contributed by atoms with Crippen molar-refractivity contribution in [2.24, 2.45) is 0 Å². The first-order chi connectivity index (χ1) is 12.7. The van der Waals surface area contributed by atoms with Crippen molar-refractivity contribution in [3.63, 3.8) is 0 Å². The maximum Gasteiger partial charge on any atom is 0.409 e. The molecule has 0 radical (unpaired) electrons. The van der Waals surface area contributed by atoms with Crippen LogP contribution in [0.25, 0.3) is 0 Å². The Morgan fingerprint density at radius 2 is 2.08 bits per heavy atom. The summed E-state index contributed by atoms with van der Waals surface area (Å²) in [5.41, 5.74) is 1.99. The lowest BCUT2D eigenvalue weighted by atomic mass is 10.3. The lowest BCUT2D eigenvalue weighted by Gasteiger charge is -2.34. The fourth-order valence-corrected chi connectivity index (χ4v) is 2.78. The van der Waals surface area contributed by atoms with Crippen LogP contribution in [0, 0.1) is 6.92 Å². The molecule has 3 heterocycles. The number of hydrogen-bond donors (Lipinski definition) is 1. The molecule has 1 N–H and O–H groups in total. The molecule has 2 aromatic heterocycles. The molecular formula is C18H24N6O2. The first-order valence-corrected chi connectivity index (χ1v) is 8.81. The molecule has 2 aromatic rings. The Morgan fingerprint density at radius 3 is 2.77 bits per heavy atom. The normalized spacial score (nSPS) is 14.2. The van der Waals surface area contributed by atoms with Crippen LogP contribution in [0.3, 0.4) is 0 Å². The highest BCUT2D eigenvalue weighted by Crippen LogP contribution is 2.16. The molecule has 0 unspecified atom stereocenters. The van der Waals surface area contributed by atoms with Crippen LogP contribution in [0.2, 0.25) is 0 Å². The molecule has 0 aromatic carbocycles. The van der Waals surface area contributed by atoms with E-state index in [1.807, 2.05) is 38.2 Å². The molecule has 0 spiro atoms. The molecule has 1 aliphatic rings. The molecule has 0 saturated carbocycles. The molecule has 8 nitrogen and oxygen atoms in total. The van der Waals surface area contributed by atoms with Crippen molar-refractivity contribution in [3.05, 3.63) is 41.9 Å². The zero-order valence-corrected chi connectivity index (χ0v) is 15.2. The fourth-order valence-electron chi connectivity index (χ4n) is 2.78. The largest absolute Gasteiger partial charge is 0.450 e. The molecule has 8 heteroatoms. The number of pyridine rings is 1. The third-order valence-electron chi connectivity index (χ3n) is 4.13. The van der Waals surface area contributed by atoms with Crippen LogP contribution in [0.1, 0.15) is 18.2 Å². The van der Waals surface area contributed by atoms with Crippen LogP contribution >= 0.6 is 0 Å². The Kier molecular flexibility index (Phi) is 5.83. The van der Waals surface area contributed by atoms with Crippen molar-refractivity contribution in [1.29, 1.82) is 0 Å². The minimum atomic E-state index is -0.254. The second kappa shape index (κ2) is 8.46. The number of carbonyl (C=O) groups excluding carboxylic acids is 1. The fraction of sp³-hybridized carbons (Fsp3) is 0.444. The van der Waals surface area contributed by atoms with Gasteiger partial charge in [0, 0.05) is 56.9 Å². The number of hydrogen-bond acceptors (Lipinski definition) is 7. The van der Waals surface area contributed by atoms with Gasteiger partial charge in [-0.3, -0.25) is 4.98 Å². The van der Waals surface area contributed by atoms with E-state index >= 15 is 0 Å². The highest BCUT2D eigenvalue weighted by atomic mass is 16.6. The summed E-state index contributed by atoms with van der Waals surface area (Å²) >= 11 is 0. The number of aryl methyl sites for hydroxylation is 1. The quantitative estimate of drug-likeness (QED) is 0.878. The maximum absolute atomic E-state index is 11.8. The van der Waals surface area contributed by atoms with Gasteiger partial charge in [0.15, 0.2) is 0 Å². The number of ether oxygens (including phenoxy) is 1. The number of piperazine rings is 1. The molecular weight excluding hydrogens is 332 g/mol. The van der Waals surface area contributed by atoms with Crippen LogP contribution in [-0.4, -0.2) is 58.7 Å². The SMILES string of the molecule is CCOC(=O)N1CCN(c2nc(C)cc(NCc3cccnc3)n2)CC1.